The Morgan fingerprint density at radius 1 is 1.18 bits per heavy atom. The van der Waals surface area contributed by atoms with Gasteiger partial charge in [-0.15, -0.1) is 11.3 Å². The minimum absolute atomic E-state index is 0.00249. The topological polar surface area (TPSA) is 97.4 Å². The summed E-state index contributed by atoms with van der Waals surface area (Å²) in [5.74, 6) is -0.616. The van der Waals surface area contributed by atoms with Crippen LogP contribution < -0.4 is 10.0 Å². The minimum Gasteiger partial charge on any atom is -0.456 e. The largest absolute Gasteiger partial charge is 0.456 e. The number of rotatable bonds is 7. The Kier molecular flexibility index (Phi) is 6.08. The van der Waals surface area contributed by atoms with Gasteiger partial charge in [-0.05, 0) is 44.3 Å². The Morgan fingerprint density at radius 3 is 2.64 bits per heavy atom. The zero-order chi connectivity index (χ0) is 20.1. The van der Waals surface area contributed by atoms with Gasteiger partial charge in [-0.25, -0.2) is 22.9 Å². The van der Waals surface area contributed by atoms with Crippen molar-refractivity contribution in [2.24, 2.45) is 0 Å². The second-order valence-electron chi connectivity index (χ2n) is 5.95. The van der Waals surface area contributed by atoms with Crippen LogP contribution in [0.15, 0.2) is 58.8 Å². The standard InChI is InChI=1S/C19H19N3O4S2/c1-13-6-8-15(9-7-13)21-19-22-16(12-27-19)11-26-18(23)14-4-3-5-17(10-14)28(24,25)20-2/h3-10,12,20H,11H2,1-2H3,(H,21,22). The van der Waals surface area contributed by atoms with Crippen molar-refractivity contribution in [2.75, 3.05) is 12.4 Å². The number of nitrogens with zero attached hydrogens (tertiary/aromatic N) is 1. The molecule has 1 heterocycles. The third-order valence-electron chi connectivity index (χ3n) is 3.85. The summed E-state index contributed by atoms with van der Waals surface area (Å²) < 4.78 is 31.2. The van der Waals surface area contributed by atoms with Crippen molar-refractivity contribution in [3.8, 4) is 0 Å². The first-order chi connectivity index (χ1) is 13.4. The van der Waals surface area contributed by atoms with Crippen LogP contribution in [-0.4, -0.2) is 26.4 Å². The van der Waals surface area contributed by atoms with E-state index in [1.54, 1.807) is 5.38 Å². The lowest BCUT2D eigenvalue weighted by Crippen LogP contribution is -2.19. The van der Waals surface area contributed by atoms with E-state index in [1.807, 2.05) is 31.2 Å². The van der Waals surface area contributed by atoms with Crippen LogP contribution in [0.4, 0.5) is 10.8 Å². The van der Waals surface area contributed by atoms with E-state index < -0.39 is 16.0 Å². The number of hydrogen-bond donors (Lipinski definition) is 2. The molecule has 0 amide bonds. The molecule has 0 fully saturated rings. The van der Waals surface area contributed by atoms with Gasteiger partial charge in [-0.3, -0.25) is 0 Å². The summed E-state index contributed by atoms with van der Waals surface area (Å²) in [5, 5.41) is 5.68. The van der Waals surface area contributed by atoms with E-state index in [0.29, 0.717) is 10.8 Å². The van der Waals surface area contributed by atoms with Crippen LogP contribution in [0, 0.1) is 6.92 Å². The number of carbonyl (C=O) groups excluding carboxylic acids is 1. The van der Waals surface area contributed by atoms with Gasteiger partial charge in [0.1, 0.15) is 6.61 Å². The van der Waals surface area contributed by atoms with E-state index in [0.717, 1.165) is 5.69 Å². The van der Waals surface area contributed by atoms with Crippen molar-refractivity contribution in [2.45, 2.75) is 18.4 Å². The van der Waals surface area contributed by atoms with E-state index in [9.17, 15) is 13.2 Å². The van der Waals surface area contributed by atoms with Gasteiger partial charge in [-0.1, -0.05) is 23.8 Å². The number of benzene rings is 2. The second-order valence-corrected chi connectivity index (χ2v) is 8.69. The van der Waals surface area contributed by atoms with Crippen molar-refractivity contribution in [3.05, 3.63) is 70.7 Å². The Bertz CT molecular complexity index is 1080. The SMILES string of the molecule is CNS(=O)(=O)c1cccc(C(=O)OCc2csc(Nc3ccc(C)cc3)n2)c1. The maximum atomic E-state index is 12.2. The molecule has 3 rings (SSSR count). The molecule has 2 N–H and O–H groups in total. The Morgan fingerprint density at radius 2 is 1.93 bits per heavy atom. The van der Waals surface area contributed by atoms with E-state index in [-0.39, 0.29) is 17.1 Å². The van der Waals surface area contributed by atoms with Gasteiger partial charge in [0.25, 0.3) is 0 Å². The Labute approximate surface area is 167 Å². The smallest absolute Gasteiger partial charge is 0.338 e. The number of anilines is 2. The molecule has 146 valence electrons. The fraction of sp³-hybridized carbons (Fsp3) is 0.158. The number of nitrogens with one attached hydrogen (secondary N) is 2. The lowest BCUT2D eigenvalue weighted by Gasteiger charge is -2.06. The molecule has 1 aromatic heterocycles. The molecule has 0 radical (unpaired) electrons. The molecule has 0 bridgehead atoms. The Hall–Kier alpha value is -2.75. The first kappa shape index (κ1) is 20.0. The lowest BCUT2D eigenvalue weighted by atomic mass is 10.2. The summed E-state index contributed by atoms with van der Waals surface area (Å²) in [7, 11) is -2.32. The third kappa shape index (κ3) is 4.94. The molecule has 28 heavy (non-hydrogen) atoms. The fourth-order valence-corrected chi connectivity index (χ4v) is 3.81. The number of hydrogen-bond acceptors (Lipinski definition) is 7. The average Bonchev–Trinajstić information content (AvgIpc) is 3.15. The molecule has 0 unspecified atom stereocenters. The number of thiazole rings is 1. The number of carbonyl (C=O) groups is 1. The van der Waals surface area contributed by atoms with Crippen LogP contribution >= 0.6 is 11.3 Å². The van der Waals surface area contributed by atoms with Crippen molar-refractivity contribution < 1.29 is 17.9 Å². The van der Waals surface area contributed by atoms with Crippen LogP contribution in [0.1, 0.15) is 21.6 Å². The second kappa shape index (κ2) is 8.51. The van der Waals surface area contributed by atoms with Crippen LogP contribution in [-0.2, 0) is 21.4 Å². The van der Waals surface area contributed by atoms with Crippen LogP contribution in [0.3, 0.4) is 0 Å². The predicted molar refractivity (Wildman–Crippen MR) is 108 cm³/mol. The van der Waals surface area contributed by atoms with E-state index in [4.69, 9.17) is 4.74 Å². The van der Waals surface area contributed by atoms with Gasteiger partial charge in [0.2, 0.25) is 10.0 Å². The number of aromatic nitrogens is 1. The van der Waals surface area contributed by atoms with Gasteiger partial charge in [0, 0.05) is 11.1 Å². The summed E-state index contributed by atoms with van der Waals surface area (Å²) in [6, 6.07) is 13.6. The van der Waals surface area contributed by atoms with Gasteiger partial charge >= 0.3 is 5.97 Å². The van der Waals surface area contributed by atoms with Crippen molar-refractivity contribution in [1.82, 2.24) is 9.71 Å². The first-order valence-corrected chi connectivity index (χ1v) is 10.7. The first-order valence-electron chi connectivity index (χ1n) is 8.36. The summed E-state index contributed by atoms with van der Waals surface area (Å²) in [6.07, 6.45) is 0. The quantitative estimate of drug-likeness (QED) is 0.572. The maximum absolute atomic E-state index is 12.2. The Balaban J connectivity index is 1.62. The molecule has 3 aromatic rings. The molecule has 0 aliphatic rings. The van der Waals surface area contributed by atoms with Gasteiger partial charge in [0.05, 0.1) is 16.2 Å². The molecule has 9 heteroatoms. The summed E-state index contributed by atoms with van der Waals surface area (Å²) in [5.41, 5.74) is 2.85. The number of sulfonamides is 1. The van der Waals surface area contributed by atoms with Crippen molar-refractivity contribution >= 4 is 38.1 Å². The van der Waals surface area contributed by atoms with E-state index in [2.05, 4.69) is 15.0 Å². The predicted octanol–water partition coefficient (Wildman–Crippen LogP) is 3.46. The molecule has 0 aliphatic carbocycles. The molecular formula is C19H19N3O4S2. The van der Waals surface area contributed by atoms with Crippen LogP contribution in [0.2, 0.25) is 0 Å². The molecule has 2 aromatic carbocycles. The third-order valence-corrected chi connectivity index (χ3v) is 6.07. The zero-order valence-electron chi connectivity index (χ0n) is 15.3. The highest BCUT2D eigenvalue weighted by Crippen LogP contribution is 2.22. The monoisotopic (exact) mass is 417 g/mol. The highest BCUT2D eigenvalue weighted by atomic mass is 32.2. The lowest BCUT2D eigenvalue weighted by molar-refractivity contribution is 0.0468. The number of ether oxygens (including phenoxy) is 1. The molecule has 0 atom stereocenters. The average molecular weight is 418 g/mol. The van der Waals surface area contributed by atoms with E-state index in [1.165, 1.54) is 48.2 Å². The van der Waals surface area contributed by atoms with Crippen molar-refractivity contribution in [1.29, 1.82) is 0 Å². The highest BCUT2D eigenvalue weighted by molar-refractivity contribution is 7.89. The van der Waals surface area contributed by atoms with Gasteiger partial charge in [-0.2, -0.15) is 0 Å². The summed E-state index contributed by atoms with van der Waals surface area (Å²) in [4.78, 5) is 16.6. The summed E-state index contributed by atoms with van der Waals surface area (Å²) in [6.45, 7) is 2.01. The molecular weight excluding hydrogens is 398 g/mol. The van der Waals surface area contributed by atoms with Crippen LogP contribution in [0.25, 0.3) is 0 Å². The highest BCUT2D eigenvalue weighted by Gasteiger charge is 2.15. The fourth-order valence-electron chi connectivity index (χ4n) is 2.32. The zero-order valence-corrected chi connectivity index (χ0v) is 16.9. The molecule has 0 aliphatic heterocycles. The van der Waals surface area contributed by atoms with Crippen LogP contribution in [0.5, 0.6) is 0 Å². The number of esters is 1. The maximum Gasteiger partial charge on any atom is 0.338 e. The molecule has 0 saturated heterocycles. The van der Waals surface area contributed by atoms with E-state index >= 15 is 0 Å². The van der Waals surface area contributed by atoms with Crippen molar-refractivity contribution in [3.63, 3.8) is 0 Å². The molecule has 0 spiro atoms. The molecule has 0 saturated carbocycles. The van der Waals surface area contributed by atoms with Gasteiger partial charge in [0.15, 0.2) is 5.13 Å². The normalized spacial score (nSPS) is 11.2. The number of aryl methyl sites for hydroxylation is 1. The van der Waals surface area contributed by atoms with Gasteiger partial charge < -0.3 is 10.1 Å². The molecule has 7 nitrogen and oxygen atoms in total. The summed E-state index contributed by atoms with van der Waals surface area (Å²) >= 11 is 1.40. The minimum atomic E-state index is -3.63.